The summed E-state index contributed by atoms with van der Waals surface area (Å²) in [6.07, 6.45) is 0.427. The Balaban J connectivity index is 2.77. The quantitative estimate of drug-likeness (QED) is 0.768. The summed E-state index contributed by atoms with van der Waals surface area (Å²) >= 11 is 0. The van der Waals surface area contributed by atoms with Crippen molar-refractivity contribution in [2.45, 2.75) is 6.10 Å². The molecule has 6 nitrogen and oxygen atoms in total. The third kappa shape index (κ3) is 3.38. The molecule has 1 aromatic heterocycles. The molecular weight excluding hydrogens is 241 g/mol. The van der Waals surface area contributed by atoms with Gasteiger partial charge in [-0.3, -0.25) is 4.79 Å². The molecule has 1 aromatic rings. The lowest BCUT2D eigenvalue weighted by Gasteiger charge is -2.20. The number of hydrogen-bond donors (Lipinski definition) is 2. The number of methoxy groups -OCH3 is 1. The van der Waals surface area contributed by atoms with Crippen LogP contribution in [0.3, 0.4) is 0 Å². The van der Waals surface area contributed by atoms with Gasteiger partial charge in [0.25, 0.3) is 5.91 Å². The lowest BCUT2D eigenvalue weighted by molar-refractivity contribution is 0.0378. The van der Waals surface area contributed by atoms with Crippen molar-refractivity contribution < 1.29 is 19.0 Å². The minimum absolute atomic E-state index is 0.0361. The summed E-state index contributed by atoms with van der Waals surface area (Å²) in [4.78, 5) is 16.6. The van der Waals surface area contributed by atoms with E-state index in [2.05, 4.69) is 4.98 Å². The Morgan fingerprint density at radius 3 is 3.00 bits per heavy atom. The zero-order valence-electron chi connectivity index (χ0n) is 10.3. The third-order valence-electron chi connectivity index (χ3n) is 2.34. The number of carbonyl (C=O) groups is 1. The zero-order chi connectivity index (χ0) is 13.7. The highest BCUT2D eigenvalue weighted by atomic mass is 19.1. The normalized spacial score (nSPS) is 12.2. The molecule has 0 aliphatic rings. The number of nitrogens with two attached hydrogens (primary N) is 1. The molecule has 0 radical (unpaired) electrons. The summed E-state index contributed by atoms with van der Waals surface area (Å²) in [6, 6.07) is 1.24. The number of carbonyl (C=O) groups excluding carboxylic acids is 1. The molecule has 1 atom stereocenters. The molecule has 100 valence electrons. The maximum atomic E-state index is 13.6. The van der Waals surface area contributed by atoms with Gasteiger partial charge in [-0.25, -0.2) is 9.37 Å². The van der Waals surface area contributed by atoms with E-state index in [1.165, 1.54) is 31.3 Å². The highest BCUT2D eigenvalue weighted by Crippen LogP contribution is 2.13. The first kappa shape index (κ1) is 14.3. The van der Waals surface area contributed by atoms with Gasteiger partial charge in [0, 0.05) is 26.9 Å². The number of halogens is 1. The van der Waals surface area contributed by atoms with Gasteiger partial charge in [0.2, 0.25) is 0 Å². The third-order valence-corrected chi connectivity index (χ3v) is 2.34. The molecule has 0 bridgehead atoms. The lowest BCUT2D eigenvalue weighted by Crippen LogP contribution is -2.36. The first-order valence-corrected chi connectivity index (χ1v) is 5.29. The van der Waals surface area contributed by atoms with E-state index in [0.717, 1.165) is 0 Å². The van der Waals surface area contributed by atoms with E-state index >= 15 is 0 Å². The monoisotopic (exact) mass is 257 g/mol. The van der Waals surface area contributed by atoms with Crippen LogP contribution in [0.1, 0.15) is 10.4 Å². The van der Waals surface area contributed by atoms with E-state index < -0.39 is 17.8 Å². The molecule has 0 aliphatic heterocycles. The van der Waals surface area contributed by atoms with E-state index in [-0.39, 0.29) is 24.5 Å². The van der Waals surface area contributed by atoms with Crippen molar-refractivity contribution in [1.82, 2.24) is 9.88 Å². The highest BCUT2D eigenvalue weighted by Gasteiger charge is 2.20. The average Bonchev–Trinajstić information content (AvgIpc) is 2.32. The van der Waals surface area contributed by atoms with Crippen molar-refractivity contribution in [2.75, 3.05) is 33.0 Å². The number of hydrogen-bond acceptors (Lipinski definition) is 5. The van der Waals surface area contributed by atoms with Crippen LogP contribution in [0.5, 0.6) is 0 Å². The van der Waals surface area contributed by atoms with Crippen LogP contribution in [0.25, 0.3) is 0 Å². The Hall–Kier alpha value is -1.73. The largest absolute Gasteiger partial charge is 0.389 e. The molecule has 1 amide bonds. The number of aromatic nitrogens is 1. The number of amides is 1. The summed E-state index contributed by atoms with van der Waals surface area (Å²) < 4.78 is 18.3. The molecule has 0 saturated carbocycles. The van der Waals surface area contributed by atoms with E-state index in [1.807, 2.05) is 0 Å². The number of rotatable bonds is 5. The Bertz CT molecular complexity index is 428. The molecule has 0 aliphatic carbocycles. The molecule has 0 spiro atoms. The second kappa shape index (κ2) is 6.27. The number of nitrogen functional groups attached to an aromatic ring is 1. The molecule has 3 N–H and O–H groups in total. The topological polar surface area (TPSA) is 88.7 Å². The molecule has 1 heterocycles. The van der Waals surface area contributed by atoms with Crippen LogP contribution in [-0.2, 0) is 4.74 Å². The van der Waals surface area contributed by atoms with Gasteiger partial charge in [0.05, 0.1) is 18.3 Å². The number of aliphatic hydroxyl groups excluding tert-OH is 1. The Kier molecular flexibility index (Phi) is 4.99. The van der Waals surface area contributed by atoms with Crippen LogP contribution >= 0.6 is 0 Å². The van der Waals surface area contributed by atoms with Gasteiger partial charge in [-0.1, -0.05) is 0 Å². The molecule has 0 fully saturated rings. The summed E-state index contributed by atoms with van der Waals surface area (Å²) in [5, 5.41) is 9.49. The molecule has 1 unspecified atom stereocenters. The second-order valence-electron chi connectivity index (χ2n) is 3.85. The van der Waals surface area contributed by atoms with Crippen molar-refractivity contribution in [3.05, 3.63) is 23.6 Å². The van der Waals surface area contributed by atoms with Crippen LogP contribution in [0.4, 0.5) is 10.2 Å². The molecular formula is C11H16FN3O3. The smallest absolute Gasteiger partial charge is 0.256 e. The van der Waals surface area contributed by atoms with Gasteiger partial charge >= 0.3 is 0 Å². The van der Waals surface area contributed by atoms with Crippen molar-refractivity contribution in [2.24, 2.45) is 0 Å². The van der Waals surface area contributed by atoms with Crippen molar-refractivity contribution >= 4 is 11.7 Å². The van der Waals surface area contributed by atoms with Crippen LogP contribution in [0.2, 0.25) is 0 Å². The van der Waals surface area contributed by atoms with Crippen LogP contribution in [0.15, 0.2) is 12.3 Å². The van der Waals surface area contributed by atoms with E-state index in [9.17, 15) is 14.3 Å². The molecule has 1 rings (SSSR count). The first-order chi connectivity index (χ1) is 8.47. The van der Waals surface area contributed by atoms with Gasteiger partial charge in [0.15, 0.2) is 11.6 Å². The van der Waals surface area contributed by atoms with Crippen LogP contribution in [0, 0.1) is 5.82 Å². The lowest BCUT2D eigenvalue weighted by atomic mass is 10.2. The zero-order valence-corrected chi connectivity index (χ0v) is 10.3. The Labute approximate surface area is 104 Å². The van der Waals surface area contributed by atoms with Gasteiger partial charge in [-0.15, -0.1) is 0 Å². The maximum absolute atomic E-state index is 13.6. The number of aliphatic hydroxyl groups is 1. The SMILES string of the molecule is COCC(O)CN(C)C(=O)c1ccnc(N)c1F. The molecule has 7 heteroatoms. The number of pyridine rings is 1. The number of nitrogens with zero attached hydrogens (tertiary/aromatic N) is 2. The minimum Gasteiger partial charge on any atom is -0.389 e. The fourth-order valence-electron chi connectivity index (χ4n) is 1.47. The minimum atomic E-state index is -0.851. The predicted molar refractivity (Wildman–Crippen MR) is 63.5 cm³/mol. The fraction of sp³-hybridized carbons (Fsp3) is 0.455. The second-order valence-corrected chi connectivity index (χ2v) is 3.85. The number of likely N-dealkylation sites (N-methyl/N-ethyl adjacent to an activating group) is 1. The summed E-state index contributed by atoms with van der Waals surface area (Å²) in [5.74, 6) is -1.75. The van der Waals surface area contributed by atoms with Gasteiger partial charge in [-0.05, 0) is 6.07 Å². The summed E-state index contributed by atoms with van der Waals surface area (Å²) in [7, 11) is 2.89. The van der Waals surface area contributed by atoms with Gasteiger partial charge < -0.3 is 20.5 Å². The van der Waals surface area contributed by atoms with Gasteiger partial charge in [0.1, 0.15) is 0 Å². The Morgan fingerprint density at radius 1 is 1.72 bits per heavy atom. The standard InChI is InChI=1S/C11H16FN3O3/c1-15(5-7(16)6-18-2)11(17)8-3-4-14-10(13)9(8)12/h3-4,7,16H,5-6H2,1-2H3,(H2,13,14). The Morgan fingerprint density at radius 2 is 2.39 bits per heavy atom. The van der Waals surface area contributed by atoms with E-state index in [0.29, 0.717) is 0 Å². The van der Waals surface area contributed by atoms with Crippen molar-refractivity contribution in [3.8, 4) is 0 Å². The summed E-state index contributed by atoms with van der Waals surface area (Å²) in [5.41, 5.74) is 5.11. The first-order valence-electron chi connectivity index (χ1n) is 5.29. The molecule has 0 saturated heterocycles. The fourth-order valence-corrected chi connectivity index (χ4v) is 1.47. The summed E-state index contributed by atoms with van der Waals surface area (Å²) in [6.45, 7) is 0.132. The van der Waals surface area contributed by atoms with Crippen molar-refractivity contribution in [3.63, 3.8) is 0 Å². The van der Waals surface area contributed by atoms with Gasteiger partial charge in [-0.2, -0.15) is 0 Å². The van der Waals surface area contributed by atoms with Crippen molar-refractivity contribution in [1.29, 1.82) is 0 Å². The van der Waals surface area contributed by atoms with E-state index in [4.69, 9.17) is 10.5 Å². The van der Waals surface area contributed by atoms with Crippen LogP contribution < -0.4 is 5.73 Å². The molecule has 18 heavy (non-hydrogen) atoms. The number of ether oxygens (including phenoxy) is 1. The average molecular weight is 257 g/mol. The molecule has 0 aromatic carbocycles. The highest BCUT2D eigenvalue weighted by molar-refractivity contribution is 5.94. The predicted octanol–water partition coefficient (Wildman–Crippen LogP) is -0.118. The van der Waals surface area contributed by atoms with Crippen LogP contribution in [-0.4, -0.2) is 54.3 Å². The maximum Gasteiger partial charge on any atom is 0.256 e. The van der Waals surface area contributed by atoms with E-state index in [1.54, 1.807) is 0 Å². The number of anilines is 1.